The Labute approximate surface area is 245 Å². The Morgan fingerprint density at radius 1 is 0.289 bits per heavy atom. The van der Waals surface area contributed by atoms with E-state index >= 15 is 0 Å². The average Bonchev–Trinajstić information content (AvgIpc) is 2.66. The molecule has 0 unspecified atom stereocenters. The van der Waals surface area contributed by atoms with E-state index in [1.54, 1.807) is 0 Å². The van der Waals surface area contributed by atoms with Gasteiger partial charge in [0.15, 0.2) is 0 Å². The molecule has 0 amide bonds. The molecule has 0 atom stereocenters. The highest BCUT2D eigenvalue weighted by Gasteiger charge is 2.32. The van der Waals surface area contributed by atoms with Crippen molar-refractivity contribution in [1.29, 1.82) is 0 Å². The lowest BCUT2D eigenvalue weighted by atomic mass is 9.72. The van der Waals surface area contributed by atoms with E-state index in [0.717, 1.165) is 0 Å². The van der Waals surface area contributed by atoms with Crippen LogP contribution in [0, 0.1) is 0 Å². The van der Waals surface area contributed by atoms with Crippen LogP contribution in [0.5, 0.6) is 0 Å². The van der Waals surface area contributed by atoms with Crippen LogP contribution in [-0.2, 0) is 32.5 Å². The molecule has 0 aliphatic heterocycles. The zero-order chi connectivity index (χ0) is 29.9. The second-order valence-corrected chi connectivity index (χ2v) is 19.7. The summed E-state index contributed by atoms with van der Waals surface area (Å²) in [5.41, 5.74) is 9.30. The fourth-order valence-electron chi connectivity index (χ4n) is 5.04. The van der Waals surface area contributed by atoms with Crippen LogP contribution >= 0.6 is 21.6 Å². The first kappa shape index (κ1) is 33.3. The van der Waals surface area contributed by atoms with Gasteiger partial charge in [-0.05, 0) is 78.0 Å². The molecule has 2 aromatic carbocycles. The van der Waals surface area contributed by atoms with Crippen LogP contribution in [0.1, 0.15) is 158 Å². The highest BCUT2D eigenvalue weighted by atomic mass is 33.1. The second-order valence-electron chi connectivity index (χ2n) is 17.5. The molecular formula is C36H58S2. The van der Waals surface area contributed by atoms with Crippen molar-refractivity contribution in [3.8, 4) is 0 Å². The van der Waals surface area contributed by atoms with Crippen molar-refractivity contribution in [3.05, 3.63) is 57.6 Å². The SMILES string of the molecule is CC(C)(C)c1cc(C(C)(C)C)c(C(C)(C)C)cc1SSc1cc(C(C)(C)C)c(C(C)(C)C)cc1C(C)(C)C. The first-order chi connectivity index (χ1) is 16.6. The maximum Gasteiger partial charge on any atom is 0.0226 e. The Morgan fingerprint density at radius 3 is 0.658 bits per heavy atom. The predicted molar refractivity (Wildman–Crippen MR) is 177 cm³/mol. The van der Waals surface area contributed by atoms with Gasteiger partial charge in [0.25, 0.3) is 0 Å². The summed E-state index contributed by atoms with van der Waals surface area (Å²) in [6.07, 6.45) is 0. The number of benzene rings is 2. The van der Waals surface area contributed by atoms with E-state index in [-0.39, 0.29) is 32.5 Å². The van der Waals surface area contributed by atoms with E-state index in [9.17, 15) is 0 Å². The number of hydrogen-bond donors (Lipinski definition) is 0. The molecular weight excluding hydrogens is 497 g/mol. The Kier molecular flexibility index (Phi) is 9.23. The van der Waals surface area contributed by atoms with Crippen molar-refractivity contribution in [2.24, 2.45) is 0 Å². The summed E-state index contributed by atoms with van der Waals surface area (Å²) >= 11 is 0. The molecule has 0 aliphatic carbocycles. The normalized spacial score (nSPS) is 14.3. The molecule has 0 aromatic heterocycles. The molecule has 2 aromatic rings. The van der Waals surface area contributed by atoms with Gasteiger partial charge in [0, 0.05) is 9.79 Å². The summed E-state index contributed by atoms with van der Waals surface area (Å²) in [6.45, 7) is 42.4. The van der Waals surface area contributed by atoms with Gasteiger partial charge >= 0.3 is 0 Å². The van der Waals surface area contributed by atoms with Gasteiger partial charge in [-0.25, -0.2) is 0 Å². The van der Waals surface area contributed by atoms with E-state index < -0.39 is 0 Å². The number of hydrogen-bond acceptors (Lipinski definition) is 2. The first-order valence-corrected chi connectivity index (χ1v) is 16.5. The lowest BCUT2D eigenvalue weighted by molar-refractivity contribution is 0.517. The van der Waals surface area contributed by atoms with Gasteiger partial charge in [0.1, 0.15) is 0 Å². The van der Waals surface area contributed by atoms with E-state index in [0.29, 0.717) is 0 Å². The maximum atomic E-state index is 2.53. The van der Waals surface area contributed by atoms with Crippen LogP contribution in [-0.4, -0.2) is 0 Å². The molecule has 0 saturated heterocycles. The highest BCUT2D eigenvalue weighted by Crippen LogP contribution is 2.50. The van der Waals surface area contributed by atoms with Crippen LogP contribution in [0.4, 0.5) is 0 Å². The Balaban J connectivity index is 2.81. The third-order valence-electron chi connectivity index (χ3n) is 7.31. The lowest BCUT2D eigenvalue weighted by Crippen LogP contribution is -2.25. The second kappa shape index (κ2) is 10.5. The van der Waals surface area contributed by atoms with Gasteiger partial charge in [-0.3, -0.25) is 0 Å². The fourth-order valence-corrected chi connectivity index (χ4v) is 7.83. The Hall–Kier alpha value is -0.860. The summed E-state index contributed by atoms with van der Waals surface area (Å²) in [5.74, 6) is 0. The quantitative estimate of drug-likeness (QED) is 0.346. The summed E-state index contributed by atoms with van der Waals surface area (Å²) in [6, 6.07) is 10.1. The molecule has 0 radical (unpaired) electrons. The highest BCUT2D eigenvalue weighted by molar-refractivity contribution is 8.76. The minimum Gasteiger partial charge on any atom is -0.0561 e. The largest absolute Gasteiger partial charge is 0.0561 e. The van der Waals surface area contributed by atoms with Crippen LogP contribution in [0.25, 0.3) is 0 Å². The lowest BCUT2D eigenvalue weighted by Gasteiger charge is -2.35. The standard InChI is InChI=1S/C36H58S2/c1-31(2,3)23-19-27(35(13,14)15)29(21-25(23)33(7,8)9)37-38-30-22-26(34(10,11)12)24(32(4,5)6)20-28(30)36(16,17)18/h19-22H,1-18H3. The smallest absolute Gasteiger partial charge is 0.0226 e. The molecule has 38 heavy (non-hydrogen) atoms. The molecule has 0 heterocycles. The van der Waals surface area contributed by atoms with Gasteiger partial charge in [-0.15, -0.1) is 0 Å². The van der Waals surface area contributed by atoms with E-state index in [1.165, 1.54) is 43.2 Å². The number of rotatable bonds is 3. The molecule has 0 saturated carbocycles. The van der Waals surface area contributed by atoms with Crippen molar-refractivity contribution in [3.63, 3.8) is 0 Å². The van der Waals surface area contributed by atoms with Crippen LogP contribution in [0.3, 0.4) is 0 Å². The molecule has 214 valence electrons. The third-order valence-corrected chi connectivity index (χ3v) is 9.75. The molecule has 0 fully saturated rings. The molecule has 2 heteroatoms. The molecule has 0 N–H and O–H groups in total. The van der Waals surface area contributed by atoms with Crippen LogP contribution in [0.2, 0.25) is 0 Å². The van der Waals surface area contributed by atoms with Crippen molar-refractivity contribution in [2.45, 2.75) is 167 Å². The summed E-state index contributed by atoms with van der Waals surface area (Å²) in [4.78, 5) is 2.80. The van der Waals surface area contributed by atoms with Gasteiger partial charge in [0.2, 0.25) is 0 Å². The molecule has 2 rings (SSSR count). The van der Waals surface area contributed by atoms with Gasteiger partial charge < -0.3 is 0 Å². The van der Waals surface area contributed by atoms with Crippen LogP contribution < -0.4 is 0 Å². The first-order valence-electron chi connectivity index (χ1n) is 14.4. The van der Waals surface area contributed by atoms with Crippen LogP contribution in [0.15, 0.2) is 34.1 Å². The van der Waals surface area contributed by atoms with Crippen molar-refractivity contribution in [1.82, 2.24) is 0 Å². The van der Waals surface area contributed by atoms with Gasteiger partial charge in [-0.1, -0.05) is 158 Å². The summed E-state index contributed by atoms with van der Waals surface area (Å²) in [5, 5.41) is 0. The minimum atomic E-state index is 0.0683. The Bertz CT molecular complexity index is 1050. The van der Waals surface area contributed by atoms with Gasteiger partial charge in [0.05, 0.1) is 0 Å². The minimum absolute atomic E-state index is 0.0683. The van der Waals surface area contributed by atoms with E-state index in [4.69, 9.17) is 0 Å². The molecule has 0 bridgehead atoms. The Morgan fingerprint density at radius 2 is 0.474 bits per heavy atom. The third kappa shape index (κ3) is 7.87. The van der Waals surface area contributed by atoms with Crippen molar-refractivity contribution in [2.75, 3.05) is 0 Å². The molecule has 0 aliphatic rings. The topological polar surface area (TPSA) is 0 Å². The summed E-state index contributed by atoms with van der Waals surface area (Å²) in [7, 11) is 3.91. The monoisotopic (exact) mass is 554 g/mol. The molecule has 0 nitrogen and oxygen atoms in total. The maximum absolute atomic E-state index is 2.53. The zero-order valence-electron chi connectivity index (χ0n) is 28.1. The van der Waals surface area contributed by atoms with Crippen molar-refractivity contribution < 1.29 is 0 Å². The van der Waals surface area contributed by atoms with E-state index in [2.05, 4.69) is 149 Å². The van der Waals surface area contributed by atoms with Gasteiger partial charge in [-0.2, -0.15) is 0 Å². The average molecular weight is 555 g/mol. The zero-order valence-corrected chi connectivity index (χ0v) is 29.8. The summed E-state index contributed by atoms with van der Waals surface area (Å²) < 4.78 is 0. The van der Waals surface area contributed by atoms with Crippen molar-refractivity contribution >= 4 is 21.6 Å². The fraction of sp³-hybridized carbons (Fsp3) is 0.667. The predicted octanol–water partition coefficient (Wildman–Crippen LogP) is 12.3. The molecule has 0 spiro atoms. The van der Waals surface area contributed by atoms with E-state index in [1.807, 2.05) is 21.6 Å².